The van der Waals surface area contributed by atoms with Crippen molar-refractivity contribution in [2.75, 3.05) is 252 Å². The first-order valence-electron chi connectivity index (χ1n) is 24.7. The molecule has 0 amide bonds. The molecule has 26 heteroatoms. The van der Waals surface area contributed by atoms with Crippen LogP contribution in [0.2, 0.25) is 0 Å². The highest BCUT2D eigenvalue weighted by Crippen LogP contribution is 2.08. The molecule has 2 saturated heterocycles. The lowest BCUT2D eigenvalue weighted by Crippen LogP contribution is -2.51. The molecule has 72 heavy (non-hydrogen) atoms. The molecule has 2 atom stereocenters. The minimum absolute atomic E-state index is 0.0173. The molecule has 2 aliphatic rings. The molecule has 2 fully saturated rings. The lowest BCUT2D eigenvalue weighted by Gasteiger charge is -2.35. The average molecular weight is 1040 g/mol. The van der Waals surface area contributed by atoms with Crippen molar-refractivity contribution in [1.82, 2.24) is 44.1 Å². The number of carbonyl (C=O) groups is 6. The Labute approximate surface area is 425 Å². The predicted molar refractivity (Wildman–Crippen MR) is 261 cm³/mol. The average Bonchev–Trinajstić information content (AvgIpc) is 3.36. The van der Waals surface area contributed by atoms with Gasteiger partial charge in [0.1, 0.15) is 0 Å². The maximum atomic E-state index is 12.5. The molecule has 418 valence electrons. The van der Waals surface area contributed by atoms with Crippen LogP contribution in [0.25, 0.3) is 0 Å². The van der Waals surface area contributed by atoms with E-state index in [4.69, 9.17) is 43.0 Å². The molecule has 2 unspecified atom stereocenters. The topological polar surface area (TPSA) is 266 Å². The highest BCUT2D eigenvalue weighted by Gasteiger charge is 2.26. The van der Waals surface area contributed by atoms with Gasteiger partial charge in [0, 0.05) is 137 Å². The quantitative estimate of drug-likeness (QED) is 0.0375. The van der Waals surface area contributed by atoms with E-state index >= 15 is 0 Å². The Hall–Kier alpha value is -3.74. The van der Waals surface area contributed by atoms with Gasteiger partial charge in [-0.3, -0.25) is 72.9 Å². The zero-order chi connectivity index (χ0) is 53.1. The zero-order valence-corrected chi connectivity index (χ0v) is 43.9. The summed E-state index contributed by atoms with van der Waals surface area (Å²) in [5, 5.41) is 32.7. The van der Waals surface area contributed by atoms with Crippen molar-refractivity contribution in [1.29, 1.82) is 0 Å². The number of ether oxygens (including phenoxy) is 8. The van der Waals surface area contributed by atoms with Crippen LogP contribution in [0.15, 0.2) is 0 Å². The van der Waals surface area contributed by atoms with E-state index in [1.54, 1.807) is 0 Å². The van der Waals surface area contributed by atoms with E-state index in [-0.39, 0.29) is 98.5 Å². The fraction of sp³-hybridized carbons (Fsp3) is 0.870. The smallest absolute Gasteiger partial charge is 0.319 e. The minimum atomic E-state index is -0.921. The first-order valence-corrected chi connectivity index (χ1v) is 24.7. The summed E-state index contributed by atoms with van der Waals surface area (Å²) in [7, 11) is 7.95. The van der Waals surface area contributed by atoms with Crippen molar-refractivity contribution in [3.63, 3.8) is 0 Å². The lowest BCUT2D eigenvalue weighted by atomic mass is 10.2. The van der Waals surface area contributed by atoms with Gasteiger partial charge in [-0.15, -0.1) is 0 Å². The third-order valence-electron chi connectivity index (χ3n) is 12.4. The van der Waals surface area contributed by atoms with Gasteiger partial charge in [0.15, 0.2) is 0 Å². The van der Waals surface area contributed by atoms with Crippen molar-refractivity contribution in [3.05, 3.63) is 0 Å². The van der Waals surface area contributed by atoms with E-state index in [1.807, 2.05) is 34.3 Å². The van der Waals surface area contributed by atoms with E-state index < -0.39 is 48.0 Å². The molecule has 0 radical (unpaired) electrons. The number of nitrogens with zero attached hydrogens (tertiary/aromatic N) is 9. The Kier molecular flexibility index (Phi) is 34.7. The molecule has 0 spiro atoms. The van der Waals surface area contributed by atoms with E-state index in [2.05, 4.69) is 9.80 Å². The molecular weight excluding hydrogens is 951 g/mol. The monoisotopic (exact) mass is 1040 g/mol. The first-order chi connectivity index (χ1) is 34.6. The van der Waals surface area contributed by atoms with Crippen LogP contribution in [0.4, 0.5) is 0 Å². The molecule has 2 heterocycles. The molecule has 26 nitrogen and oxygen atoms in total. The summed E-state index contributed by atoms with van der Waals surface area (Å²) in [5.41, 5.74) is 0. The normalized spacial score (nSPS) is 18.9. The minimum Gasteiger partial charge on any atom is -0.468 e. The SMILES string of the molecule is COC(=O)CN1CCN(CC(=O)OC)CCN(CC(O)CN(CCOCCOCCO)CC(O)CN2CCN(CC(=O)OC)CCN(CC(=O)OC)CCN(CC(=O)OC)CC2)CCN(CC(=O)OC)CC1. The van der Waals surface area contributed by atoms with E-state index in [0.717, 1.165) is 0 Å². The zero-order valence-electron chi connectivity index (χ0n) is 43.9. The van der Waals surface area contributed by atoms with Gasteiger partial charge in [0.2, 0.25) is 0 Å². The molecule has 0 saturated carbocycles. The summed E-state index contributed by atoms with van der Waals surface area (Å²) in [4.78, 5) is 92.3. The van der Waals surface area contributed by atoms with Gasteiger partial charge in [0.25, 0.3) is 0 Å². The van der Waals surface area contributed by atoms with Crippen LogP contribution in [-0.4, -0.2) is 360 Å². The molecule has 0 aromatic carbocycles. The summed E-state index contributed by atoms with van der Waals surface area (Å²) in [6, 6.07) is 0. The van der Waals surface area contributed by atoms with Gasteiger partial charge in [-0.05, 0) is 0 Å². The van der Waals surface area contributed by atoms with Gasteiger partial charge in [-0.1, -0.05) is 0 Å². The number of carbonyl (C=O) groups excluding carboxylic acids is 6. The number of hydrogen-bond acceptors (Lipinski definition) is 26. The number of hydrogen-bond donors (Lipinski definition) is 3. The summed E-state index contributed by atoms with van der Waals surface area (Å²) in [6.45, 7) is 8.98. The highest BCUT2D eigenvalue weighted by molar-refractivity contribution is 5.73. The number of methoxy groups -OCH3 is 6. The molecule has 2 aliphatic heterocycles. The highest BCUT2D eigenvalue weighted by atomic mass is 16.5. The van der Waals surface area contributed by atoms with Gasteiger partial charge in [-0.25, -0.2) is 0 Å². The number of β-amino-alcohol motifs (C(OH)–C–C–N with tert-alkyl or cyclic N) is 2. The summed E-state index contributed by atoms with van der Waals surface area (Å²) < 4.78 is 41.0. The van der Waals surface area contributed by atoms with Gasteiger partial charge in [-0.2, -0.15) is 0 Å². The van der Waals surface area contributed by atoms with Crippen LogP contribution in [0.1, 0.15) is 0 Å². The summed E-state index contributed by atoms with van der Waals surface area (Å²) in [6.07, 6.45) is -1.84. The number of rotatable bonds is 28. The second kappa shape index (κ2) is 38.8. The molecule has 0 aromatic heterocycles. The van der Waals surface area contributed by atoms with E-state index in [1.165, 1.54) is 42.7 Å². The van der Waals surface area contributed by atoms with Crippen LogP contribution in [0, 0.1) is 0 Å². The Morgan fingerprint density at radius 3 is 0.819 bits per heavy atom. The third kappa shape index (κ3) is 29.8. The maximum absolute atomic E-state index is 12.5. The molecule has 0 aromatic rings. The first kappa shape index (κ1) is 64.4. The van der Waals surface area contributed by atoms with Crippen molar-refractivity contribution in [2.45, 2.75) is 12.2 Å². The lowest BCUT2D eigenvalue weighted by molar-refractivity contribution is -0.144. The van der Waals surface area contributed by atoms with Crippen LogP contribution in [0.5, 0.6) is 0 Å². The largest absolute Gasteiger partial charge is 0.468 e. The van der Waals surface area contributed by atoms with Crippen LogP contribution in [0.3, 0.4) is 0 Å². The maximum Gasteiger partial charge on any atom is 0.319 e. The second-order valence-corrected chi connectivity index (χ2v) is 17.7. The fourth-order valence-corrected chi connectivity index (χ4v) is 8.10. The summed E-state index contributed by atoms with van der Waals surface area (Å²) >= 11 is 0. The second-order valence-electron chi connectivity index (χ2n) is 17.7. The van der Waals surface area contributed by atoms with E-state index in [9.17, 15) is 39.0 Å². The Morgan fingerprint density at radius 2 is 0.597 bits per heavy atom. The van der Waals surface area contributed by atoms with Crippen molar-refractivity contribution in [2.24, 2.45) is 0 Å². The van der Waals surface area contributed by atoms with Crippen LogP contribution >= 0.6 is 0 Å². The van der Waals surface area contributed by atoms with Crippen molar-refractivity contribution < 1.29 is 82.0 Å². The Bertz CT molecular complexity index is 1380. The molecule has 0 aliphatic carbocycles. The van der Waals surface area contributed by atoms with Crippen molar-refractivity contribution >= 4 is 35.8 Å². The molecule has 2 rings (SSSR count). The number of aliphatic hydroxyl groups is 3. The fourth-order valence-electron chi connectivity index (χ4n) is 8.10. The predicted octanol–water partition coefficient (Wildman–Crippen LogP) is -5.48. The van der Waals surface area contributed by atoms with E-state index in [0.29, 0.717) is 111 Å². The number of aliphatic hydroxyl groups excluding tert-OH is 3. The Balaban J connectivity index is 2.35. The molecule has 3 N–H and O–H groups in total. The van der Waals surface area contributed by atoms with Crippen molar-refractivity contribution in [3.8, 4) is 0 Å². The summed E-state index contributed by atoms with van der Waals surface area (Å²) in [5.74, 6) is -2.47. The van der Waals surface area contributed by atoms with Gasteiger partial charge >= 0.3 is 35.8 Å². The van der Waals surface area contributed by atoms with Gasteiger partial charge in [0.05, 0.1) is 127 Å². The standard InChI is InChI=1S/C46H87N9O17/c1-65-41(59)33-49-11-7-47(8-12-50(34-42(60)66-2)16-20-53(19-15-49)37-45(63)69-5)29-39(57)31-55(23-25-71-27-28-72-26-24-56)32-40(58)30-48-9-13-51(35-43(61)67-3)17-21-54(38-46(64)70-6)22-18-52(14-10-48)36-44(62)68-4/h39-40,56-58H,7-38H2,1-6H3. The molecular formula is C46H87N9O17. The number of esters is 6. The van der Waals surface area contributed by atoms with Crippen LogP contribution in [-0.2, 0) is 66.7 Å². The Morgan fingerprint density at radius 1 is 0.375 bits per heavy atom. The van der Waals surface area contributed by atoms with Gasteiger partial charge < -0.3 is 53.2 Å². The molecule has 0 bridgehead atoms. The third-order valence-corrected chi connectivity index (χ3v) is 12.4. The van der Waals surface area contributed by atoms with Crippen LogP contribution < -0.4 is 0 Å².